The lowest BCUT2D eigenvalue weighted by Crippen LogP contribution is -2.36. The first-order valence-corrected chi connectivity index (χ1v) is 7.10. The van der Waals surface area contributed by atoms with Gasteiger partial charge in [-0.05, 0) is 31.0 Å². The average Bonchev–Trinajstić information content (AvgIpc) is 2.85. The zero-order chi connectivity index (χ0) is 14.0. The number of alkyl halides is 4. The van der Waals surface area contributed by atoms with Crippen molar-refractivity contribution in [1.29, 1.82) is 0 Å². The Kier molecular flexibility index (Phi) is 4.18. The van der Waals surface area contributed by atoms with E-state index in [2.05, 4.69) is 15.9 Å². The number of hydrogen-bond acceptors (Lipinski definition) is 1. The van der Waals surface area contributed by atoms with Crippen molar-refractivity contribution in [2.45, 2.75) is 25.1 Å². The summed E-state index contributed by atoms with van der Waals surface area (Å²) in [5.41, 5.74) is -0.685. The fourth-order valence-electron chi connectivity index (χ4n) is 2.26. The molecule has 6 heteroatoms. The van der Waals surface area contributed by atoms with E-state index < -0.39 is 11.7 Å². The number of halogens is 4. The third kappa shape index (κ3) is 3.11. The molecule has 1 aliphatic rings. The second-order valence-corrected chi connectivity index (χ2v) is 5.17. The summed E-state index contributed by atoms with van der Waals surface area (Å²) in [6, 6.07) is 4.67. The van der Waals surface area contributed by atoms with Crippen LogP contribution in [0.25, 0.3) is 0 Å². The number of carbonyl (C=O) groups excluding carboxylic acids is 1. The SMILES string of the molecule is O=C(c1cccc(C(F)(F)F)c1)N1CCCC1CBr. The van der Waals surface area contributed by atoms with Gasteiger partial charge in [-0.2, -0.15) is 13.2 Å². The van der Waals surface area contributed by atoms with Gasteiger partial charge in [-0.25, -0.2) is 0 Å². The summed E-state index contributed by atoms with van der Waals surface area (Å²) in [5, 5.41) is 0.650. The van der Waals surface area contributed by atoms with Crippen LogP contribution in [0.2, 0.25) is 0 Å². The lowest BCUT2D eigenvalue weighted by Gasteiger charge is -2.23. The van der Waals surface area contributed by atoms with Crippen LogP contribution in [0.4, 0.5) is 13.2 Å². The fraction of sp³-hybridized carbons (Fsp3) is 0.462. The molecule has 0 radical (unpaired) electrons. The number of amides is 1. The number of rotatable bonds is 2. The second-order valence-electron chi connectivity index (χ2n) is 4.53. The predicted octanol–water partition coefficient (Wildman–Crippen LogP) is 3.70. The van der Waals surface area contributed by atoms with E-state index >= 15 is 0 Å². The number of hydrogen-bond donors (Lipinski definition) is 0. The monoisotopic (exact) mass is 335 g/mol. The Labute approximate surface area is 117 Å². The number of benzene rings is 1. The van der Waals surface area contributed by atoms with E-state index in [4.69, 9.17) is 0 Å². The van der Waals surface area contributed by atoms with Crippen molar-refractivity contribution in [3.63, 3.8) is 0 Å². The van der Waals surface area contributed by atoms with Crippen LogP contribution in [0.15, 0.2) is 24.3 Å². The zero-order valence-electron chi connectivity index (χ0n) is 10.1. The van der Waals surface area contributed by atoms with Crippen LogP contribution in [0, 0.1) is 0 Å². The molecule has 1 saturated heterocycles. The molecular weight excluding hydrogens is 323 g/mol. The first-order chi connectivity index (χ1) is 8.93. The minimum Gasteiger partial charge on any atom is -0.335 e. The number of nitrogens with zero attached hydrogens (tertiary/aromatic N) is 1. The molecule has 1 fully saturated rings. The molecule has 1 aromatic rings. The summed E-state index contributed by atoms with van der Waals surface area (Å²) < 4.78 is 37.9. The van der Waals surface area contributed by atoms with Crippen molar-refractivity contribution >= 4 is 21.8 Å². The molecule has 1 amide bonds. The zero-order valence-corrected chi connectivity index (χ0v) is 11.7. The molecule has 2 nitrogen and oxygen atoms in total. The van der Waals surface area contributed by atoms with Gasteiger partial charge < -0.3 is 4.90 Å². The maximum Gasteiger partial charge on any atom is 0.416 e. The maximum absolute atomic E-state index is 12.6. The highest BCUT2D eigenvalue weighted by Crippen LogP contribution is 2.30. The number of carbonyl (C=O) groups is 1. The highest BCUT2D eigenvalue weighted by atomic mass is 79.9. The van der Waals surface area contributed by atoms with Crippen molar-refractivity contribution in [2.75, 3.05) is 11.9 Å². The van der Waals surface area contributed by atoms with Gasteiger partial charge in [0.15, 0.2) is 0 Å². The molecule has 0 saturated carbocycles. The lowest BCUT2D eigenvalue weighted by atomic mass is 10.1. The normalized spacial score (nSPS) is 19.8. The van der Waals surface area contributed by atoms with Crippen molar-refractivity contribution in [2.24, 2.45) is 0 Å². The van der Waals surface area contributed by atoms with E-state index in [0.29, 0.717) is 11.9 Å². The van der Waals surface area contributed by atoms with Crippen LogP contribution in [0.5, 0.6) is 0 Å². The Morgan fingerprint density at radius 3 is 2.79 bits per heavy atom. The van der Waals surface area contributed by atoms with E-state index in [9.17, 15) is 18.0 Å². The Morgan fingerprint density at radius 2 is 2.16 bits per heavy atom. The fourth-order valence-corrected chi connectivity index (χ4v) is 2.93. The molecule has 0 spiro atoms. The minimum absolute atomic E-state index is 0.0713. The largest absolute Gasteiger partial charge is 0.416 e. The molecule has 1 aliphatic heterocycles. The van der Waals surface area contributed by atoms with Crippen LogP contribution in [0.1, 0.15) is 28.8 Å². The lowest BCUT2D eigenvalue weighted by molar-refractivity contribution is -0.137. The highest BCUT2D eigenvalue weighted by molar-refractivity contribution is 9.09. The molecule has 104 valence electrons. The topological polar surface area (TPSA) is 20.3 Å². The molecule has 0 bridgehead atoms. The van der Waals surface area contributed by atoms with Crippen LogP contribution < -0.4 is 0 Å². The second kappa shape index (κ2) is 5.53. The molecule has 1 heterocycles. The number of likely N-dealkylation sites (tertiary alicyclic amines) is 1. The summed E-state index contributed by atoms with van der Waals surface area (Å²) in [6.07, 6.45) is -2.65. The summed E-state index contributed by atoms with van der Waals surface area (Å²) in [5.74, 6) is -0.326. The molecule has 0 aliphatic carbocycles. The molecule has 19 heavy (non-hydrogen) atoms. The van der Waals surface area contributed by atoms with Gasteiger partial charge in [0.1, 0.15) is 0 Å². The van der Waals surface area contributed by atoms with Crippen molar-refractivity contribution in [1.82, 2.24) is 4.90 Å². The van der Waals surface area contributed by atoms with Gasteiger partial charge in [-0.15, -0.1) is 0 Å². The van der Waals surface area contributed by atoms with Crippen molar-refractivity contribution in [3.8, 4) is 0 Å². The van der Waals surface area contributed by atoms with Gasteiger partial charge >= 0.3 is 6.18 Å². The van der Waals surface area contributed by atoms with E-state index in [1.165, 1.54) is 12.1 Å². The standard InChI is InChI=1S/C13H13BrF3NO/c14-8-11-5-2-6-18(11)12(19)9-3-1-4-10(7-9)13(15,16)17/h1,3-4,7,11H,2,5-6,8H2. The smallest absolute Gasteiger partial charge is 0.335 e. The van der Waals surface area contributed by atoms with Gasteiger partial charge in [0.05, 0.1) is 5.56 Å². The van der Waals surface area contributed by atoms with Gasteiger partial charge in [-0.3, -0.25) is 4.79 Å². The predicted molar refractivity (Wildman–Crippen MR) is 69.3 cm³/mol. The van der Waals surface area contributed by atoms with Gasteiger partial charge in [0.2, 0.25) is 0 Å². The third-order valence-corrected chi connectivity index (χ3v) is 4.00. The Balaban J connectivity index is 2.24. The van der Waals surface area contributed by atoms with E-state index in [-0.39, 0.29) is 17.5 Å². The van der Waals surface area contributed by atoms with Gasteiger partial charge in [-0.1, -0.05) is 22.0 Å². The van der Waals surface area contributed by atoms with Crippen LogP contribution in [-0.2, 0) is 6.18 Å². The Hall–Kier alpha value is -1.04. The minimum atomic E-state index is -4.42. The molecule has 1 atom stereocenters. The summed E-state index contributed by atoms with van der Waals surface area (Å²) >= 11 is 3.33. The summed E-state index contributed by atoms with van der Waals surface area (Å²) in [6.45, 7) is 0.603. The molecule has 0 aromatic heterocycles. The van der Waals surface area contributed by atoms with E-state index in [1.807, 2.05) is 0 Å². The highest BCUT2D eigenvalue weighted by Gasteiger charge is 2.33. The van der Waals surface area contributed by atoms with Crippen LogP contribution in [0.3, 0.4) is 0 Å². The average molecular weight is 336 g/mol. The third-order valence-electron chi connectivity index (χ3n) is 3.25. The summed E-state index contributed by atoms with van der Waals surface area (Å²) in [7, 11) is 0. The Bertz CT molecular complexity index is 475. The van der Waals surface area contributed by atoms with E-state index in [0.717, 1.165) is 25.0 Å². The molecule has 0 N–H and O–H groups in total. The van der Waals surface area contributed by atoms with Gasteiger partial charge in [0, 0.05) is 23.5 Å². The van der Waals surface area contributed by atoms with Gasteiger partial charge in [0.25, 0.3) is 5.91 Å². The first kappa shape index (κ1) is 14.4. The molecule has 1 unspecified atom stereocenters. The first-order valence-electron chi connectivity index (χ1n) is 5.97. The molecule has 1 aromatic carbocycles. The van der Waals surface area contributed by atoms with E-state index in [1.54, 1.807) is 4.90 Å². The maximum atomic E-state index is 12.6. The molecular formula is C13H13BrF3NO. The van der Waals surface area contributed by atoms with Crippen molar-refractivity contribution < 1.29 is 18.0 Å². The van der Waals surface area contributed by atoms with Crippen molar-refractivity contribution in [3.05, 3.63) is 35.4 Å². The Morgan fingerprint density at radius 1 is 1.42 bits per heavy atom. The van der Waals surface area contributed by atoms with Crippen LogP contribution in [-0.4, -0.2) is 28.7 Å². The quantitative estimate of drug-likeness (QED) is 0.754. The summed E-state index contributed by atoms with van der Waals surface area (Å²) in [4.78, 5) is 13.9. The molecule has 2 rings (SSSR count). The van der Waals surface area contributed by atoms with Crippen LogP contribution >= 0.6 is 15.9 Å².